The molecule has 0 amide bonds. The molecule has 0 fully saturated rings. The summed E-state index contributed by atoms with van der Waals surface area (Å²) in [6.07, 6.45) is -4.34. The van der Waals surface area contributed by atoms with Gasteiger partial charge < -0.3 is 0 Å². The number of ketones is 1. The van der Waals surface area contributed by atoms with E-state index in [-0.39, 0.29) is 5.56 Å². The minimum absolute atomic E-state index is 0.0556. The molecule has 1 aromatic rings. The molecule has 0 bridgehead atoms. The number of Topliss-reactive ketones (excluding diaryl/α,β-unsaturated/α-hetero) is 1. The van der Waals surface area contributed by atoms with E-state index in [0.29, 0.717) is 0 Å². The molecule has 0 aliphatic carbocycles. The normalized spacial score (nSPS) is 13.9. The van der Waals surface area contributed by atoms with Crippen LogP contribution in [-0.2, 0) is 14.6 Å². The Morgan fingerprint density at radius 1 is 1.11 bits per heavy atom. The number of rotatable bonds is 3. The van der Waals surface area contributed by atoms with Gasteiger partial charge in [-0.05, 0) is 12.5 Å². The molecule has 0 unspecified atom stereocenters. The van der Waals surface area contributed by atoms with Gasteiger partial charge in [-0.2, -0.15) is 13.2 Å². The second-order valence-electron chi connectivity index (χ2n) is 3.92. The highest BCUT2D eigenvalue weighted by molar-refractivity contribution is 8.00. The van der Waals surface area contributed by atoms with Gasteiger partial charge in [-0.3, -0.25) is 4.79 Å². The molecular weight excluding hydrogens is 281 g/mol. The Morgan fingerprint density at radius 3 is 1.95 bits per heavy atom. The lowest BCUT2D eigenvalue weighted by Gasteiger charge is -2.11. The number of sulfone groups is 1. The lowest BCUT2D eigenvalue weighted by atomic mass is 10.1. The molecule has 1 aromatic carbocycles. The molecule has 0 heterocycles. The molecule has 0 N–H and O–H groups in total. The van der Waals surface area contributed by atoms with Crippen LogP contribution >= 0.6 is 0 Å². The molecule has 0 saturated carbocycles. The summed E-state index contributed by atoms with van der Waals surface area (Å²) in [7, 11) is -3.96. The van der Waals surface area contributed by atoms with Gasteiger partial charge in [-0.1, -0.05) is 30.3 Å². The van der Waals surface area contributed by atoms with Gasteiger partial charge in [-0.15, -0.1) is 0 Å². The van der Waals surface area contributed by atoms with Crippen molar-refractivity contribution in [3.63, 3.8) is 0 Å². The topological polar surface area (TPSA) is 51.2 Å². The summed E-state index contributed by atoms with van der Waals surface area (Å²) in [6, 6.07) is 7.22. The van der Waals surface area contributed by atoms with Crippen LogP contribution in [0.1, 0.15) is 12.5 Å². The Kier molecular flexibility index (Phi) is 4.19. The van der Waals surface area contributed by atoms with Gasteiger partial charge in [-0.25, -0.2) is 8.42 Å². The number of hydrogen-bond acceptors (Lipinski definition) is 3. The highest BCUT2D eigenvalue weighted by Gasteiger charge is 2.41. The van der Waals surface area contributed by atoms with Crippen LogP contribution in [-0.4, -0.2) is 26.6 Å². The average Bonchev–Trinajstić information content (AvgIpc) is 2.26. The molecule has 0 aliphatic rings. The van der Waals surface area contributed by atoms with Crippen molar-refractivity contribution >= 4 is 20.5 Å². The van der Waals surface area contributed by atoms with Crippen LogP contribution in [0.3, 0.4) is 0 Å². The first-order valence-corrected chi connectivity index (χ1v) is 7.02. The highest BCUT2D eigenvalue weighted by atomic mass is 32.2. The summed E-state index contributed by atoms with van der Waals surface area (Å²) in [5.74, 6) is -2.16. The van der Waals surface area contributed by atoms with Gasteiger partial charge in [0.25, 0.3) is 5.78 Å². The van der Waals surface area contributed by atoms with Gasteiger partial charge in [0.05, 0.1) is 4.91 Å². The molecule has 0 saturated heterocycles. The van der Waals surface area contributed by atoms with Crippen LogP contribution in [0.4, 0.5) is 13.2 Å². The maximum absolute atomic E-state index is 12.4. The van der Waals surface area contributed by atoms with Gasteiger partial charge in [0, 0.05) is 11.8 Å². The molecule has 0 aromatic heterocycles. The molecule has 0 spiro atoms. The van der Waals surface area contributed by atoms with E-state index < -0.39 is 32.3 Å². The third-order valence-corrected chi connectivity index (χ3v) is 3.63. The third kappa shape index (κ3) is 3.66. The van der Waals surface area contributed by atoms with E-state index in [4.69, 9.17) is 0 Å². The summed E-state index contributed by atoms with van der Waals surface area (Å²) < 4.78 is 60.4. The van der Waals surface area contributed by atoms with Gasteiger partial charge >= 0.3 is 6.18 Å². The fourth-order valence-corrected chi connectivity index (χ4v) is 2.83. The Hall–Kier alpha value is -1.63. The van der Waals surface area contributed by atoms with Crippen LogP contribution in [0.5, 0.6) is 0 Å². The second-order valence-corrected chi connectivity index (χ2v) is 5.87. The molecule has 0 aliphatic heterocycles. The van der Waals surface area contributed by atoms with Crippen molar-refractivity contribution in [2.24, 2.45) is 0 Å². The number of carbonyl (C=O) groups is 1. The standard InChI is InChI=1S/C12H11F3O3S/c1-8(11(16)12(13,14)15)10(19(2,17)18)9-6-4-3-5-7-9/h3-7H,1-2H3/b10-8-. The Bertz CT molecular complexity index is 613. The molecule has 0 atom stereocenters. The highest BCUT2D eigenvalue weighted by Crippen LogP contribution is 2.29. The lowest BCUT2D eigenvalue weighted by molar-refractivity contribution is -0.166. The van der Waals surface area contributed by atoms with Crippen molar-refractivity contribution in [1.29, 1.82) is 0 Å². The maximum Gasteiger partial charge on any atom is 0.454 e. The van der Waals surface area contributed by atoms with Crippen LogP contribution in [0.15, 0.2) is 35.9 Å². The zero-order valence-electron chi connectivity index (χ0n) is 10.2. The minimum Gasteiger partial charge on any atom is -0.284 e. The first kappa shape index (κ1) is 15.4. The summed E-state index contributed by atoms with van der Waals surface area (Å²) >= 11 is 0. The number of carbonyl (C=O) groups excluding carboxylic acids is 1. The lowest BCUT2D eigenvalue weighted by Crippen LogP contribution is -2.25. The monoisotopic (exact) mass is 292 g/mol. The number of hydrogen-bond donors (Lipinski definition) is 0. The zero-order chi connectivity index (χ0) is 14.8. The predicted molar refractivity (Wildman–Crippen MR) is 64.9 cm³/mol. The first-order valence-electron chi connectivity index (χ1n) is 5.13. The van der Waals surface area contributed by atoms with Crippen molar-refractivity contribution in [2.45, 2.75) is 13.1 Å². The molecular formula is C12H11F3O3S. The summed E-state index contributed by atoms with van der Waals surface area (Å²) in [4.78, 5) is 10.6. The third-order valence-electron chi connectivity index (χ3n) is 2.35. The van der Waals surface area contributed by atoms with E-state index in [2.05, 4.69) is 0 Å². The number of halogens is 3. The fraction of sp³-hybridized carbons (Fsp3) is 0.250. The maximum atomic E-state index is 12.4. The van der Waals surface area contributed by atoms with Gasteiger partial charge in [0.2, 0.25) is 0 Å². The van der Waals surface area contributed by atoms with E-state index in [1.54, 1.807) is 6.07 Å². The van der Waals surface area contributed by atoms with Crippen LogP contribution in [0, 0.1) is 0 Å². The van der Waals surface area contributed by atoms with E-state index in [1.165, 1.54) is 24.3 Å². The van der Waals surface area contributed by atoms with Crippen LogP contribution in [0.2, 0.25) is 0 Å². The van der Waals surface area contributed by atoms with Crippen LogP contribution < -0.4 is 0 Å². The van der Waals surface area contributed by atoms with Crippen molar-refractivity contribution in [3.05, 3.63) is 41.5 Å². The molecule has 3 nitrogen and oxygen atoms in total. The Labute approximate surface area is 108 Å². The quantitative estimate of drug-likeness (QED) is 0.805. The number of benzene rings is 1. The first-order chi connectivity index (χ1) is 8.55. The van der Waals surface area contributed by atoms with E-state index >= 15 is 0 Å². The van der Waals surface area contributed by atoms with Crippen molar-refractivity contribution in [1.82, 2.24) is 0 Å². The SMILES string of the molecule is C/C(C(=O)C(F)(F)F)=C(\c1ccccc1)S(C)(=O)=O. The van der Waals surface area contributed by atoms with E-state index in [0.717, 1.165) is 13.2 Å². The van der Waals surface area contributed by atoms with Crippen molar-refractivity contribution in [2.75, 3.05) is 6.26 Å². The van der Waals surface area contributed by atoms with E-state index in [9.17, 15) is 26.4 Å². The number of allylic oxidation sites excluding steroid dienone is 1. The molecule has 19 heavy (non-hydrogen) atoms. The Morgan fingerprint density at radius 2 is 1.58 bits per heavy atom. The number of alkyl halides is 3. The largest absolute Gasteiger partial charge is 0.454 e. The summed E-state index contributed by atoms with van der Waals surface area (Å²) in [5.41, 5.74) is -0.777. The Balaban J connectivity index is 3.56. The fourth-order valence-electron chi connectivity index (χ4n) is 1.61. The van der Waals surface area contributed by atoms with Gasteiger partial charge in [0.1, 0.15) is 0 Å². The zero-order valence-corrected chi connectivity index (χ0v) is 11.0. The second kappa shape index (κ2) is 5.16. The smallest absolute Gasteiger partial charge is 0.284 e. The average molecular weight is 292 g/mol. The van der Waals surface area contributed by atoms with E-state index in [1.807, 2.05) is 0 Å². The van der Waals surface area contributed by atoms with Crippen molar-refractivity contribution in [3.8, 4) is 0 Å². The molecule has 7 heteroatoms. The minimum atomic E-state index is -5.10. The molecule has 1 rings (SSSR count). The van der Waals surface area contributed by atoms with Crippen LogP contribution in [0.25, 0.3) is 4.91 Å². The summed E-state index contributed by atoms with van der Waals surface area (Å²) in [6.45, 7) is 0.860. The van der Waals surface area contributed by atoms with Gasteiger partial charge in [0.15, 0.2) is 9.84 Å². The molecule has 0 radical (unpaired) electrons. The van der Waals surface area contributed by atoms with Crippen molar-refractivity contribution < 1.29 is 26.4 Å². The molecule has 104 valence electrons. The predicted octanol–water partition coefficient (Wildman–Crippen LogP) is 2.59. The summed E-state index contributed by atoms with van der Waals surface area (Å²) in [5, 5.41) is 0.